The standard InChI is InChI=1S/C36H58N2O2/c1-3-5-7-9-11-13-15-17-31-19-21-35(39)33(27-31)29-37-23-25-38(26-24-37)30-34-28-32(20-22-36(34)40)18-16-14-12-10-8-6-4-2/h19-22,27-28,39-40H,3-18,23-26,29-30H2,1-2H3. The molecule has 1 heterocycles. The van der Waals surface area contributed by atoms with Gasteiger partial charge in [0.05, 0.1) is 0 Å². The summed E-state index contributed by atoms with van der Waals surface area (Å²) in [4.78, 5) is 4.92. The van der Waals surface area contributed by atoms with E-state index < -0.39 is 0 Å². The first-order chi connectivity index (χ1) is 19.6. The van der Waals surface area contributed by atoms with Crippen LogP contribution in [0.5, 0.6) is 11.5 Å². The van der Waals surface area contributed by atoms with Crippen molar-refractivity contribution in [3.63, 3.8) is 0 Å². The Kier molecular flexibility index (Phi) is 15.5. The average molecular weight is 551 g/mol. The topological polar surface area (TPSA) is 46.9 Å². The average Bonchev–Trinajstić information content (AvgIpc) is 2.96. The summed E-state index contributed by atoms with van der Waals surface area (Å²) in [6, 6.07) is 12.4. The number of hydrogen-bond acceptors (Lipinski definition) is 4. The zero-order valence-electron chi connectivity index (χ0n) is 25.8. The summed E-state index contributed by atoms with van der Waals surface area (Å²) in [5, 5.41) is 21.0. The molecule has 0 bridgehead atoms. The number of aromatic hydroxyl groups is 2. The fourth-order valence-corrected chi connectivity index (χ4v) is 6.00. The number of phenols is 2. The summed E-state index contributed by atoms with van der Waals surface area (Å²) in [6.45, 7) is 10.1. The third-order valence-corrected chi connectivity index (χ3v) is 8.68. The number of aryl methyl sites for hydroxylation is 2. The van der Waals surface area contributed by atoms with Gasteiger partial charge in [-0.05, 0) is 48.9 Å². The molecule has 0 amide bonds. The van der Waals surface area contributed by atoms with Crippen LogP contribution in [-0.2, 0) is 25.9 Å². The monoisotopic (exact) mass is 550 g/mol. The van der Waals surface area contributed by atoms with Gasteiger partial charge in [-0.1, -0.05) is 115 Å². The molecule has 3 rings (SSSR count). The molecule has 224 valence electrons. The molecule has 0 aromatic heterocycles. The van der Waals surface area contributed by atoms with Crippen molar-refractivity contribution in [3.05, 3.63) is 58.7 Å². The van der Waals surface area contributed by atoms with Gasteiger partial charge in [-0.3, -0.25) is 9.80 Å². The Morgan fingerprint density at radius 3 is 1.23 bits per heavy atom. The van der Waals surface area contributed by atoms with E-state index in [9.17, 15) is 10.2 Å². The Morgan fingerprint density at radius 1 is 0.500 bits per heavy atom. The van der Waals surface area contributed by atoms with Crippen LogP contribution in [0, 0.1) is 0 Å². The number of hydrogen-bond donors (Lipinski definition) is 2. The van der Waals surface area contributed by atoms with Crippen molar-refractivity contribution in [1.29, 1.82) is 0 Å². The lowest BCUT2D eigenvalue weighted by Gasteiger charge is -2.35. The molecule has 1 saturated heterocycles. The normalized spacial score (nSPS) is 14.7. The first-order valence-electron chi connectivity index (χ1n) is 16.6. The van der Waals surface area contributed by atoms with Gasteiger partial charge in [-0.15, -0.1) is 0 Å². The van der Waals surface area contributed by atoms with Crippen LogP contribution >= 0.6 is 0 Å². The molecule has 0 spiro atoms. The highest BCUT2D eigenvalue weighted by molar-refractivity contribution is 5.37. The molecule has 4 nitrogen and oxygen atoms in total. The van der Waals surface area contributed by atoms with Crippen molar-refractivity contribution >= 4 is 0 Å². The van der Waals surface area contributed by atoms with E-state index in [4.69, 9.17) is 0 Å². The number of benzene rings is 2. The van der Waals surface area contributed by atoms with E-state index in [0.29, 0.717) is 11.5 Å². The Hall–Kier alpha value is -2.04. The van der Waals surface area contributed by atoms with E-state index in [0.717, 1.165) is 63.2 Å². The van der Waals surface area contributed by atoms with E-state index in [1.165, 1.54) is 101 Å². The van der Waals surface area contributed by atoms with Gasteiger partial charge in [0, 0.05) is 50.4 Å². The molecule has 1 aliphatic heterocycles. The van der Waals surface area contributed by atoms with Crippen LogP contribution in [-0.4, -0.2) is 46.2 Å². The van der Waals surface area contributed by atoms with E-state index in [1.807, 2.05) is 12.1 Å². The van der Waals surface area contributed by atoms with Crippen LogP contribution in [0.1, 0.15) is 126 Å². The van der Waals surface area contributed by atoms with Gasteiger partial charge in [0.15, 0.2) is 0 Å². The van der Waals surface area contributed by atoms with Crippen molar-refractivity contribution < 1.29 is 10.2 Å². The minimum Gasteiger partial charge on any atom is -0.508 e. The lowest BCUT2D eigenvalue weighted by atomic mass is 10.0. The molecule has 0 atom stereocenters. The fraction of sp³-hybridized carbons (Fsp3) is 0.667. The molecule has 0 saturated carbocycles. The van der Waals surface area contributed by atoms with E-state index in [2.05, 4.69) is 47.9 Å². The fourth-order valence-electron chi connectivity index (χ4n) is 6.00. The Balaban J connectivity index is 1.38. The summed E-state index contributed by atoms with van der Waals surface area (Å²) in [5.74, 6) is 0.849. The zero-order chi connectivity index (χ0) is 28.4. The van der Waals surface area contributed by atoms with Crippen LogP contribution in [0.4, 0.5) is 0 Å². The first kappa shape index (κ1) is 32.5. The molecule has 2 aromatic rings. The predicted molar refractivity (Wildman–Crippen MR) is 170 cm³/mol. The van der Waals surface area contributed by atoms with Crippen molar-refractivity contribution in [2.45, 2.75) is 130 Å². The molecular weight excluding hydrogens is 492 g/mol. The maximum atomic E-state index is 10.5. The summed E-state index contributed by atoms with van der Waals surface area (Å²) in [6.07, 6.45) is 20.8. The first-order valence-corrected chi connectivity index (χ1v) is 16.6. The SMILES string of the molecule is CCCCCCCCCc1ccc(O)c(CN2CCN(Cc3cc(CCCCCCCCC)ccc3O)CC2)c1. The van der Waals surface area contributed by atoms with Crippen molar-refractivity contribution in [2.75, 3.05) is 26.2 Å². The van der Waals surface area contributed by atoms with Crippen LogP contribution in [0.15, 0.2) is 36.4 Å². The molecule has 2 N–H and O–H groups in total. The molecular formula is C36H58N2O2. The maximum Gasteiger partial charge on any atom is 0.120 e. The Morgan fingerprint density at radius 2 is 0.850 bits per heavy atom. The predicted octanol–water partition coefficient (Wildman–Crippen LogP) is 9.00. The molecule has 1 aliphatic rings. The summed E-state index contributed by atoms with van der Waals surface area (Å²) in [5.41, 5.74) is 4.83. The third-order valence-electron chi connectivity index (χ3n) is 8.68. The second kappa shape index (κ2) is 19.1. The molecule has 0 radical (unpaired) electrons. The van der Waals surface area contributed by atoms with Gasteiger partial charge >= 0.3 is 0 Å². The summed E-state index contributed by atoms with van der Waals surface area (Å²) in [7, 11) is 0. The van der Waals surface area contributed by atoms with Gasteiger partial charge in [0.25, 0.3) is 0 Å². The largest absolute Gasteiger partial charge is 0.508 e. The highest BCUT2D eigenvalue weighted by Crippen LogP contribution is 2.25. The van der Waals surface area contributed by atoms with Crippen LogP contribution in [0.25, 0.3) is 0 Å². The van der Waals surface area contributed by atoms with E-state index in [1.54, 1.807) is 0 Å². The minimum atomic E-state index is 0.424. The van der Waals surface area contributed by atoms with Crippen LogP contribution in [0.2, 0.25) is 0 Å². The lowest BCUT2D eigenvalue weighted by molar-refractivity contribution is 0.120. The molecule has 40 heavy (non-hydrogen) atoms. The van der Waals surface area contributed by atoms with Crippen molar-refractivity contribution in [1.82, 2.24) is 9.80 Å². The quantitative estimate of drug-likeness (QED) is 0.162. The summed E-state index contributed by atoms with van der Waals surface area (Å²) < 4.78 is 0. The maximum absolute atomic E-state index is 10.5. The smallest absolute Gasteiger partial charge is 0.120 e. The van der Waals surface area contributed by atoms with Crippen molar-refractivity contribution in [3.8, 4) is 11.5 Å². The molecule has 0 aliphatic carbocycles. The third kappa shape index (κ3) is 12.2. The number of phenolic OH excluding ortho intramolecular Hbond substituents is 2. The van der Waals surface area contributed by atoms with Gasteiger partial charge in [0.1, 0.15) is 11.5 Å². The van der Waals surface area contributed by atoms with Crippen LogP contribution < -0.4 is 0 Å². The molecule has 0 unspecified atom stereocenters. The minimum absolute atomic E-state index is 0.424. The van der Waals surface area contributed by atoms with Crippen LogP contribution in [0.3, 0.4) is 0 Å². The number of piperazine rings is 1. The Bertz CT molecular complexity index is 874. The number of rotatable bonds is 20. The molecule has 4 heteroatoms. The van der Waals surface area contributed by atoms with Gasteiger partial charge < -0.3 is 10.2 Å². The highest BCUT2D eigenvalue weighted by Gasteiger charge is 2.19. The Labute approximate surface area is 245 Å². The highest BCUT2D eigenvalue weighted by atomic mass is 16.3. The van der Waals surface area contributed by atoms with Gasteiger partial charge in [-0.2, -0.15) is 0 Å². The zero-order valence-corrected chi connectivity index (χ0v) is 25.8. The molecule has 2 aromatic carbocycles. The van der Waals surface area contributed by atoms with Crippen molar-refractivity contribution in [2.24, 2.45) is 0 Å². The number of unbranched alkanes of at least 4 members (excludes halogenated alkanes) is 12. The second-order valence-corrected chi connectivity index (χ2v) is 12.2. The number of nitrogens with zero attached hydrogens (tertiary/aromatic N) is 2. The van der Waals surface area contributed by atoms with E-state index in [-0.39, 0.29) is 0 Å². The lowest BCUT2D eigenvalue weighted by Crippen LogP contribution is -2.45. The summed E-state index contributed by atoms with van der Waals surface area (Å²) >= 11 is 0. The van der Waals surface area contributed by atoms with Gasteiger partial charge in [-0.25, -0.2) is 0 Å². The van der Waals surface area contributed by atoms with E-state index >= 15 is 0 Å². The second-order valence-electron chi connectivity index (χ2n) is 12.2. The molecule has 1 fully saturated rings. The van der Waals surface area contributed by atoms with Gasteiger partial charge in [0.2, 0.25) is 0 Å².